The molecule has 0 aliphatic heterocycles. The van der Waals surface area contributed by atoms with Gasteiger partial charge in [0, 0.05) is 6.54 Å². The largest absolute Gasteiger partial charge is 0.389 e. The van der Waals surface area contributed by atoms with Crippen LogP contribution in [-0.4, -0.2) is 23.8 Å². The molecule has 0 fully saturated rings. The van der Waals surface area contributed by atoms with Crippen molar-refractivity contribution in [3.63, 3.8) is 0 Å². The molecule has 0 bridgehead atoms. The van der Waals surface area contributed by atoms with Crippen LogP contribution in [0.5, 0.6) is 0 Å². The third-order valence-electron chi connectivity index (χ3n) is 1.36. The SMILES string of the molecule is CC(O)(CN)CCCN. The maximum atomic E-state index is 9.27. The molecular formula is C6H16N2O. The molecular weight excluding hydrogens is 116 g/mol. The molecule has 1 unspecified atom stereocenters. The van der Waals surface area contributed by atoms with Crippen LogP contribution in [-0.2, 0) is 0 Å². The summed E-state index contributed by atoms with van der Waals surface area (Å²) in [5.41, 5.74) is 9.79. The molecule has 3 heteroatoms. The quantitative estimate of drug-likeness (QED) is 0.480. The van der Waals surface area contributed by atoms with Gasteiger partial charge < -0.3 is 16.6 Å². The molecule has 0 amide bonds. The minimum Gasteiger partial charge on any atom is -0.389 e. The van der Waals surface area contributed by atoms with Gasteiger partial charge in [-0.25, -0.2) is 0 Å². The number of rotatable bonds is 4. The van der Waals surface area contributed by atoms with Crippen molar-refractivity contribution in [1.82, 2.24) is 0 Å². The average Bonchev–Trinajstić information content (AvgIpc) is 1.84. The van der Waals surface area contributed by atoms with Gasteiger partial charge in [0.2, 0.25) is 0 Å². The highest BCUT2D eigenvalue weighted by molar-refractivity contribution is 4.72. The standard InChI is InChI=1S/C6H16N2O/c1-6(9,5-8)3-2-4-7/h9H,2-5,7-8H2,1H3. The van der Waals surface area contributed by atoms with E-state index in [0.29, 0.717) is 19.5 Å². The van der Waals surface area contributed by atoms with E-state index in [0.717, 1.165) is 6.42 Å². The predicted molar refractivity (Wildman–Crippen MR) is 38.0 cm³/mol. The van der Waals surface area contributed by atoms with E-state index in [-0.39, 0.29) is 0 Å². The van der Waals surface area contributed by atoms with E-state index in [4.69, 9.17) is 11.5 Å². The van der Waals surface area contributed by atoms with Gasteiger partial charge in [0.15, 0.2) is 0 Å². The highest BCUT2D eigenvalue weighted by Gasteiger charge is 2.15. The van der Waals surface area contributed by atoms with Crippen LogP contribution in [0.15, 0.2) is 0 Å². The van der Waals surface area contributed by atoms with Crippen LogP contribution < -0.4 is 11.5 Å². The highest BCUT2D eigenvalue weighted by atomic mass is 16.3. The van der Waals surface area contributed by atoms with Crippen molar-refractivity contribution in [2.75, 3.05) is 13.1 Å². The minimum atomic E-state index is -0.709. The Morgan fingerprint density at radius 2 is 2.00 bits per heavy atom. The molecule has 5 N–H and O–H groups in total. The van der Waals surface area contributed by atoms with E-state index < -0.39 is 5.60 Å². The Labute approximate surface area is 56.0 Å². The zero-order chi connectivity index (χ0) is 7.33. The van der Waals surface area contributed by atoms with Gasteiger partial charge in [0.05, 0.1) is 5.60 Å². The molecule has 0 heterocycles. The summed E-state index contributed by atoms with van der Waals surface area (Å²) in [5, 5.41) is 9.27. The molecule has 0 aromatic rings. The molecule has 0 spiro atoms. The van der Waals surface area contributed by atoms with Crippen LogP contribution in [0.1, 0.15) is 19.8 Å². The first-order valence-electron chi connectivity index (χ1n) is 3.25. The number of hydrogen-bond acceptors (Lipinski definition) is 3. The molecule has 1 atom stereocenters. The van der Waals surface area contributed by atoms with Crippen LogP contribution in [0.4, 0.5) is 0 Å². The molecule has 0 saturated heterocycles. The molecule has 0 saturated carbocycles. The van der Waals surface area contributed by atoms with Gasteiger partial charge >= 0.3 is 0 Å². The molecule has 0 aliphatic carbocycles. The van der Waals surface area contributed by atoms with Gasteiger partial charge in [-0.3, -0.25) is 0 Å². The third-order valence-corrected chi connectivity index (χ3v) is 1.36. The fourth-order valence-corrected chi connectivity index (χ4v) is 0.585. The summed E-state index contributed by atoms with van der Waals surface area (Å²) in [6.45, 7) is 2.66. The molecule has 3 nitrogen and oxygen atoms in total. The second-order valence-electron chi connectivity index (χ2n) is 2.59. The monoisotopic (exact) mass is 132 g/mol. The van der Waals surface area contributed by atoms with Gasteiger partial charge in [-0.15, -0.1) is 0 Å². The van der Waals surface area contributed by atoms with E-state index in [9.17, 15) is 5.11 Å². The number of nitrogens with two attached hydrogens (primary N) is 2. The first-order chi connectivity index (χ1) is 4.12. The van der Waals surface area contributed by atoms with Crippen molar-refractivity contribution in [1.29, 1.82) is 0 Å². The van der Waals surface area contributed by atoms with E-state index in [1.54, 1.807) is 6.92 Å². The molecule has 0 aromatic heterocycles. The van der Waals surface area contributed by atoms with E-state index in [2.05, 4.69) is 0 Å². The van der Waals surface area contributed by atoms with Crippen LogP contribution in [0, 0.1) is 0 Å². The molecule has 9 heavy (non-hydrogen) atoms. The minimum absolute atomic E-state index is 0.312. The lowest BCUT2D eigenvalue weighted by molar-refractivity contribution is 0.0585. The average molecular weight is 132 g/mol. The van der Waals surface area contributed by atoms with Gasteiger partial charge in [0.1, 0.15) is 0 Å². The van der Waals surface area contributed by atoms with E-state index in [1.165, 1.54) is 0 Å². The van der Waals surface area contributed by atoms with Gasteiger partial charge in [-0.1, -0.05) is 0 Å². The van der Waals surface area contributed by atoms with Crippen molar-refractivity contribution < 1.29 is 5.11 Å². The lowest BCUT2D eigenvalue weighted by Gasteiger charge is -2.19. The summed E-state index contributed by atoms with van der Waals surface area (Å²) < 4.78 is 0. The smallest absolute Gasteiger partial charge is 0.0741 e. The van der Waals surface area contributed by atoms with Crippen LogP contribution >= 0.6 is 0 Å². The van der Waals surface area contributed by atoms with Gasteiger partial charge in [0.25, 0.3) is 0 Å². The maximum absolute atomic E-state index is 9.27. The Bertz CT molecular complexity index is 73.5. The number of aliphatic hydroxyl groups is 1. The first-order valence-corrected chi connectivity index (χ1v) is 3.25. The zero-order valence-electron chi connectivity index (χ0n) is 5.93. The lowest BCUT2D eigenvalue weighted by atomic mass is 10.0. The van der Waals surface area contributed by atoms with Crippen LogP contribution in [0.2, 0.25) is 0 Å². The fraction of sp³-hybridized carbons (Fsp3) is 1.00. The fourth-order valence-electron chi connectivity index (χ4n) is 0.585. The predicted octanol–water partition coefficient (Wildman–Crippen LogP) is -0.565. The summed E-state index contributed by atoms with van der Waals surface area (Å²) in [5.74, 6) is 0. The summed E-state index contributed by atoms with van der Waals surface area (Å²) in [4.78, 5) is 0. The molecule has 0 rings (SSSR count). The molecule has 0 aromatic carbocycles. The number of hydrogen-bond donors (Lipinski definition) is 3. The summed E-state index contributed by atoms with van der Waals surface area (Å²) in [6.07, 6.45) is 1.53. The van der Waals surface area contributed by atoms with Crippen molar-refractivity contribution >= 4 is 0 Å². The van der Waals surface area contributed by atoms with E-state index >= 15 is 0 Å². The Hall–Kier alpha value is -0.120. The molecule has 0 aliphatic rings. The molecule has 0 radical (unpaired) electrons. The zero-order valence-corrected chi connectivity index (χ0v) is 5.93. The van der Waals surface area contributed by atoms with Gasteiger partial charge in [-0.05, 0) is 26.3 Å². The topological polar surface area (TPSA) is 72.3 Å². The summed E-state index contributed by atoms with van der Waals surface area (Å²) in [7, 11) is 0. The van der Waals surface area contributed by atoms with Crippen molar-refractivity contribution in [3.8, 4) is 0 Å². The first kappa shape index (κ1) is 8.88. The van der Waals surface area contributed by atoms with E-state index in [1.807, 2.05) is 0 Å². The summed E-state index contributed by atoms with van der Waals surface area (Å²) in [6, 6.07) is 0. The van der Waals surface area contributed by atoms with Crippen molar-refractivity contribution in [2.45, 2.75) is 25.4 Å². The van der Waals surface area contributed by atoms with Crippen molar-refractivity contribution in [2.24, 2.45) is 11.5 Å². The van der Waals surface area contributed by atoms with Crippen LogP contribution in [0.3, 0.4) is 0 Å². The van der Waals surface area contributed by atoms with Gasteiger partial charge in [-0.2, -0.15) is 0 Å². The second-order valence-corrected chi connectivity index (χ2v) is 2.59. The Kier molecular flexibility index (Phi) is 3.77. The lowest BCUT2D eigenvalue weighted by Crippen LogP contribution is -2.34. The molecule has 56 valence electrons. The highest BCUT2D eigenvalue weighted by Crippen LogP contribution is 2.07. The Morgan fingerprint density at radius 1 is 1.44 bits per heavy atom. The summed E-state index contributed by atoms with van der Waals surface area (Å²) >= 11 is 0. The second kappa shape index (κ2) is 3.82. The Morgan fingerprint density at radius 3 is 2.33 bits per heavy atom. The third kappa shape index (κ3) is 4.39. The maximum Gasteiger partial charge on any atom is 0.0741 e. The normalized spacial score (nSPS) is 17.3. The Balaban J connectivity index is 3.33. The van der Waals surface area contributed by atoms with Crippen molar-refractivity contribution in [3.05, 3.63) is 0 Å². The van der Waals surface area contributed by atoms with Crippen LogP contribution in [0.25, 0.3) is 0 Å².